The Morgan fingerprint density at radius 3 is 2.12 bits per heavy atom. The van der Waals surface area contributed by atoms with Gasteiger partial charge in [-0.15, -0.1) is 5.92 Å². The second-order valence-electron chi connectivity index (χ2n) is 6.65. The predicted molar refractivity (Wildman–Crippen MR) is 110 cm³/mol. The van der Waals surface area contributed by atoms with Crippen LogP contribution in [0.25, 0.3) is 4.85 Å². The molecule has 0 unspecified atom stereocenters. The van der Waals surface area contributed by atoms with E-state index in [-0.39, 0.29) is 0 Å². The van der Waals surface area contributed by atoms with Crippen LogP contribution < -0.4 is 0 Å². The van der Waals surface area contributed by atoms with Gasteiger partial charge in [-0.1, -0.05) is 60.1 Å². The average Bonchev–Trinajstić information content (AvgIpc) is 2.69. The summed E-state index contributed by atoms with van der Waals surface area (Å²) in [6, 6.07) is 17.7. The molecule has 26 heavy (non-hydrogen) atoms. The lowest BCUT2D eigenvalue weighted by molar-refractivity contribution is 0.443. The first-order valence-corrected chi connectivity index (χ1v) is 9.34. The Bertz CT molecular complexity index is 958. The zero-order valence-corrected chi connectivity index (χ0v) is 15.6. The van der Waals surface area contributed by atoms with Gasteiger partial charge in [-0.2, -0.15) is 0 Å². The summed E-state index contributed by atoms with van der Waals surface area (Å²) in [5.41, 5.74) is 5.28. The summed E-state index contributed by atoms with van der Waals surface area (Å²) >= 11 is 0. The van der Waals surface area contributed by atoms with Crippen molar-refractivity contribution >= 4 is 0 Å². The van der Waals surface area contributed by atoms with Gasteiger partial charge in [0.2, 0.25) is 0 Å². The number of nitrogens with zero attached hydrogens (tertiary/aromatic N) is 1. The van der Waals surface area contributed by atoms with Gasteiger partial charge in [0.05, 0.1) is 0 Å². The maximum absolute atomic E-state index is 4.11. The zero-order chi connectivity index (χ0) is 18.2. The molecule has 0 saturated heterocycles. The largest absolute Gasteiger partial charge is 0.311 e. The van der Waals surface area contributed by atoms with Gasteiger partial charge in [0.15, 0.2) is 0 Å². The summed E-state index contributed by atoms with van der Waals surface area (Å²) in [7, 11) is 1.76. The van der Waals surface area contributed by atoms with Crippen molar-refractivity contribution in [1.82, 2.24) is 0 Å². The van der Waals surface area contributed by atoms with Gasteiger partial charge < -0.3 is 0 Å². The Labute approximate surface area is 157 Å². The highest BCUT2D eigenvalue weighted by Crippen LogP contribution is 2.33. The van der Waals surface area contributed by atoms with Crippen LogP contribution in [0.4, 0.5) is 0 Å². The van der Waals surface area contributed by atoms with Crippen molar-refractivity contribution in [3.8, 4) is 29.8 Å². The van der Waals surface area contributed by atoms with Crippen LogP contribution in [-0.2, 0) is 0 Å². The molecule has 0 aliphatic heterocycles. The van der Waals surface area contributed by atoms with Crippen molar-refractivity contribution in [2.24, 2.45) is 0 Å². The minimum absolute atomic E-state index is 0.670. The van der Waals surface area contributed by atoms with E-state index in [1.165, 1.54) is 37.7 Å². The quantitative estimate of drug-likeness (QED) is 0.577. The first-order chi connectivity index (χ1) is 12.8. The highest BCUT2D eigenvalue weighted by molar-refractivity contribution is 5.56. The Balaban J connectivity index is 1.95. The SMILES string of the molecule is CC#Cc1ccccc1C#Cc1ccc(C2CCCCC2)cc1C#[N+]C. The van der Waals surface area contributed by atoms with E-state index in [1.54, 1.807) is 7.05 Å². The lowest BCUT2D eigenvalue weighted by Gasteiger charge is -2.22. The van der Waals surface area contributed by atoms with Gasteiger partial charge in [0.25, 0.3) is 7.05 Å². The highest BCUT2D eigenvalue weighted by atomic mass is 14.6. The van der Waals surface area contributed by atoms with E-state index in [0.29, 0.717) is 5.92 Å². The fourth-order valence-electron chi connectivity index (χ4n) is 3.54. The number of rotatable bonds is 1. The zero-order valence-electron chi connectivity index (χ0n) is 15.6. The Morgan fingerprint density at radius 1 is 0.808 bits per heavy atom. The standard InChI is InChI=1S/C25H24N/c1-3-9-20-12-7-8-13-22(20)14-15-23-16-17-24(18-25(23)19-26-2)21-10-5-4-6-11-21/h7-8,12-13,16-18,21H,4-6,10-11H2,1-2H3/q+1. The van der Waals surface area contributed by atoms with Crippen LogP contribution in [0, 0.1) is 29.8 Å². The third-order valence-corrected chi connectivity index (χ3v) is 4.87. The third kappa shape index (κ3) is 4.36. The van der Waals surface area contributed by atoms with Gasteiger partial charge in [0.1, 0.15) is 5.56 Å². The molecule has 0 spiro atoms. The van der Waals surface area contributed by atoms with E-state index in [1.807, 2.05) is 31.2 Å². The van der Waals surface area contributed by atoms with E-state index in [4.69, 9.17) is 0 Å². The summed E-state index contributed by atoms with van der Waals surface area (Å²) in [6.45, 7) is 1.85. The van der Waals surface area contributed by atoms with E-state index < -0.39 is 0 Å². The monoisotopic (exact) mass is 338 g/mol. The molecule has 2 aromatic carbocycles. The van der Waals surface area contributed by atoms with Gasteiger partial charge in [-0.05, 0) is 55.5 Å². The molecule has 1 aliphatic carbocycles. The molecule has 0 N–H and O–H groups in total. The molecule has 0 bridgehead atoms. The second-order valence-corrected chi connectivity index (χ2v) is 6.65. The fourth-order valence-corrected chi connectivity index (χ4v) is 3.54. The molecule has 1 heteroatoms. The summed E-state index contributed by atoms with van der Waals surface area (Å²) in [6.07, 6.45) is 6.62. The van der Waals surface area contributed by atoms with Gasteiger partial charge >= 0.3 is 6.07 Å². The summed E-state index contributed by atoms with van der Waals surface area (Å²) in [4.78, 5) is 4.11. The van der Waals surface area contributed by atoms with Crippen molar-refractivity contribution in [2.75, 3.05) is 7.05 Å². The molecule has 0 aromatic heterocycles. The Kier molecular flexibility index (Phi) is 6.14. The lowest BCUT2D eigenvalue weighted by Crippen LogP contribution is -2.05. The van der Waals surface area contributed by atoms with Crippen LogP contribution in [0.1, 0.15) is 72.8 Å². The molecule has 1 nitrogen and oxygen atoms in total. The Hall–Kier alpha value is -2.95. The van der Waals surface area contributed by atoms with Gasteiger partial charge in [-0.25, -0.2) is 0 Å². The first kappa shape index (κ1) is 17.9. The normalized spacial score (nSPS) is 13.5. The molecule has 0 atom stereocenters. The van der Waals surface area contributed by atoms with Crippen molar-refractivity contribution in [2.45, 2.75) is 44.9 Å². The van der Waals surface area contributed by atoms with Crippen LogP contribution in [0.15, 0.2) is 42.5 Å². The van der Waals surface area contributed by atoms with Crippen LogP contribution in [0.5, 0.6) is 0 Å². The molecule has 0 amide bonds. The predicted octanol–water partition coefficient (Wildman–Crippen LogP) is 5.82. The molecule has 1 aliphatic rings. The lowest BCUT2D eigenvalue weighted by atomic mass is 9.83. The second kappa shape index (κ2) is 8.94. The fraction of sp³-hybridized carbons (Fsp3) is 0.320. The average molecular weight is 338 g/mol. The van der Waals surface area contributed by atoms with Crippen LogP contribution >= 0.6 is 0 Å². The molecule has 2 aromatic rings. The first-order valence-electron chi connectivity index (χ1n) is 9.34. The minimum atomic E-state index is 0.670. The van der Waals surface area contributed by atoms with E-state index in [9.17, 15) is 0 Å². The van der Waals surface area contributed by atoms with Crippen molar-refractivity contribution in [3.63, 3.8) is 0 Å². The van der Waals surface area contributed by atoms with Gasteiger partial charge in [-0.3, -0.25) is 0 Å². The molecular formula is C25H24N+. The van der Waals surface area contributed by atoms with Crippen molar-refractivity contribution in [1.29, 1.82) is 0 Å². The summed E-state index contributed by atoms with van der Waals surface area (Å²) in [5.74, 6) is 13.3. The topological polar surface area (TPSA) is 4.36 Å². The molecule has 1 saturated carbocycles. The van der Waals surface area contributed by atoms with E-state index in [0.717, 1.165) is 22.3 Å². The summed E-state index contributed by atoms with van der Waals surface area (Å²) < 4.78 is 0. The van der Waals surface area contributed by atoms with E-state index >= 15 is 0 Å². The van der Waals surface area contributed by atoms with Crippen LogP contribution in [0.2, 0.25) is 0 Å². The molecule has 0 radical (unpaired) electrons. The number of hydrogen-bond donors (Lipinski definition) is 0. The summed E-state index contributed by atoms with van der Waals surface area (Å²) in [5, 5.41) is 0. The molecule has 1 fully saturated rings. The number of benzene rings is 2. The maximum Gasteiger partial charge on any atom is 0.311 e. The number of hydrogen-bond acceptors (Lipinski definition) is 0. The molecule has 128 valence electrons. The van der Waals surface area contributed by atoms with Crippen LogP contribution in [0.3, 0.4) is 0 Å². The van der Waals surface area contributed by atoms with Crippen molar-refractivity contribution in [3.05, 3.63) is 75.1 Å². The molecule has 3 rings (SSSR count). The minimum Gasteiger partial charge on any atom is -0.101 e. The maximum atomic E-state index is 4.11. The third-order valence-electron chi connectivity index (χ3n) is 4.87. The smallest absolute Gasteiger partial charge is 0.101 e. The molecule has 0 heterocycles. The highest BCUT2D eigenvalue weighted by Gasteiger charge is 2.17. The Morgan fingerprint density at radius 2 is 1.46 bits per heavy atom. The van der Waals surface area contributed by atoms with E-state index in [2.05, 4.69) is 52.8 Å². The van der Waals surface area contributed by atoms with Crippen molar-refractivity contribution < 1.29 is 0 Å². The van der Waals surface area contributed by atoms with Gasteiger partial charge in [0, 0.05) is 16.7 Å². The van der Waals surface area contributed by atoms with Crippen LogP contribution in [-0.4, -0.2) is 7.05 Å². The molecular weight excluding hydrogens is 314 g/mol.